The van der Waals surface area contributed by atoms with Gasteiger partial charge in [0.05, 0.1) is 6.67 Å². The predicted octanol–water partition coefficient (Wildman–Crippen LogP) is 1.22. The molecule has 1 atom stereocenters. The topological polar surface area (TPSA) is 20.2 Å². The Bertz CT molecular complexity index is 50.5. The standard InChI is InChI=1S/C6H13FO/c1-5(2)6(3-7)4-8/h5-6,8H,3-4H2,1-2H3. The molecule has 2 heteroatoms. The number of alkyl halides is 1. The van der Waals surface area contributed by atoms with E-state index in [4.69, 9.17) is 5.11 Å². The summed E-state index contributed by atoms with van der Waals surface area (Å²) in [5, 5.41) is 8.46. The summed E-state index contributed by atoms with van der Waals surface area (Å²) in [6.07, 6.45) is 0. The summed E-state index contributed by atoms with van der Waals surface area (Å²) < 4.78 is 11.7. The smallest absolute Gasteiger partial charge is 0.0946 e. The molecule has 0 saturated heterocycles. The maximum Gasteiger partial charge on any atom is 0.0946 e. The highest BCUT2D eigenvalue weighted by atomic mass is 19.1. The van der Waals surface area contributed by atoms with Crippen LogP contribution in [0.25, 0.3) is 0 Å². The number of aliphatic hydroxyl groups is 1. The summed E-state index contributed by atoms with van der Waals surface area (Å²) in [5.41, 5.74) is 0. The van der Waals surface area contributed by atoms with E-state index in [0.29, 0.717) is 0 Å². The van der Waals surface area contributed by atoms with Crippen LogP contribution in [0.15, 0.2) is 0 Å². The van der Waals surface area contributed by atoms with E-state index < -0.39 is 6.67 Å². The maximum absolute atomic E-state index is 11.7. The Morgan fingerprint density at radius 1 is 1.50 bits per heavy atom. The number of hydrogen-bond donors (Lipinski definition) is 1. The fraction of sp³-hybridized carbons (Fsp3) is 1.00. The number of aliphatic hydroxyl groups excluding tert-OH is 1. The Labute approximate surface area is 49.5 Å². The summed E-state index contributed by atoms with van der Waals surface area (Å²) in [7, 11) is 0. The molecule has 0 aliphatic heterocycles. The predicted molar refractivity (Wildman–Crippen MR) is 31.4 cm³/mol. The van der Waals surface area contributed by atoms with Gasteiger partial charge in [0.1, 0.15) is 0 Å². The van der Waals surface area contributed by atoms with Gasteiger partial charge in [-0.25, -0.2) is 0 Å². The van der Waals surface area contributed by atoms with Crippen molar-refractivity contribution in [2.45, 2.75) is 13.8 Å². The zero-order valence-corrected chi connectivity index (χ0v) is 5.39. The van der Waals surface area contributed by atoms with Crippen LogP contribution in [0, 0.1) is 11.8 Å². The normalized spacial score (nSPS) is 14.6. The molecule has 0 aromatic rings. The van der Waals surface area contributed by atoms with E-state index in [-0.39, 0.29) is 18.4 Å². The summed E-state index contributed by atoms with van der Waals surface area (Å²) in [6, 6.07) is 0. The van der Waals surface area contributed by atoms with Crippen molar-refractivity contribution in [3.8, 4) is 0 Å². The molecule has 0 spiro atoms. The van der Waals surface area contributed by atoms with E-state index in [0.717, 1.165) is 0 Å². The van der Waals surface area contributed by atoms with Gasteiger partial charge in [-0.05, 0) is 5.92 Å². The van der Waals surface area contributed by atoms with E-state index in [2.05, 4.69) is 0 Å². The largest absolute Gasteiger partial charge is 0.396 e. The lowest BCUT2D eigenvalue weighted by Crippen LogP contribution is -2.14. The van der Waals surface area contributed by atoms with Crippen molar-refractivity contribution in [3.05, 3.63) is 0 Å². The zero-order chi connectivity index (χ0) is 6.57. The van der Waals surface area contributed by atoms with Crippen LogP contribution in [0.3, 0.4) is 0 Å². The minimum atomic E-state index is -0.409. The third-order valence-corrected chi connectivity index (χ3v) is 1.38. The molecular formula is C6H13FO. The van der Waals surface area contributed by atoms with Crippen molar-refractivity contribution >= 4 is 0 Å². The Morgan fingerprint density at radius 2 is 2.00 bits per heavy atom. The molecule has 0 rings (SSSR count). The van der Waals surface area contributed by atoms with Crippen LogP contribution in [-0.2, 0) is 0 Å². The first-order valence-electron chi connectivity index (χ1n) is 2.89. The van der Waals surface area contributed by atoms with Gasteiger partial charge in [-0.1, -0.05) is 13.8 Å². The van der Waals surface area contributed by atoms with Crippen LogP contribution >= 0.6 is 0 Å². The molecule has 0 saturated carbocycles. The number of hydrogen-bond acceptors (Lipinski definition) is 1. The Hall–Kier alpha value is -0.110. The van der Waals surface area contributed by atoms with Crippen molar-refractivity contribution in [1.29, 1.82) is 0 Å². The van der Waals surface area contributed by atoms with E-state index in [1.165, 1.54) is 0 Å². The van der Waals surface area contributed by atoms with E-state index in [1.54, 1.807) is 0 Å². The van der Waals surface area contributed by atoms with Gasteiger partial charge in [0.2, 0.25) is 0 Å². The van der Waals surface area contributed by atoms with Crippen molar-refractivity contribution in [2.75, 3.05) is 13.3 Å². The molecule has 0 bridgehead atoms. The molecular weight excluding hydrogens is 107 g/mol. The lowest BCUT2D eigenvalue weighted by Gasteiger charge is -2.12. The lowest BCUT2D eigenvalue weighted by molar-refractivity contribution is 0.161. The summed E-state index contributed by atoms with van der Waals surface area (Å²) in [4.78, 5) is 0. The first-order chi connectivity index (χ1) is 3.72. The SMILES string of the molecule is CC(C)C(CO)CF. The van der Waals surface area contributed by atoms with Gasteiger partial charge in [0.15, 0.2) is 0 Å². The highest BCUT2D eigenvalue weighted by Gasteiger charge is 2.09. The van der Waals surface area contributed by atoms with Crippen molar-refractivity contribution in [2.24, 2.45) is 11.8 Å². The molecule has 0 radical (unpaired) electrons. The first-order valence-corrected chi connectivity index (χ1v) is 2.89. The Kier molecular flexibility index (Phi) is 3.79. The van der Waals surface area contributed by atoms with Gasteiger partial charge < -0.3 is 5.11 Å². The molecule has 0 aliphatic rings. The third-order valence-electron chi connectivity index (χ3n) is 1.38. The molecule has 1 N–H and O–H groups in total. The van der Waals surface area contributed by atoms with Crippen molar-refractivity contribution in [1.82, 2.24) is 0 Å². The van der Waals surface area contributed by atoms with Crippen molar-refractivity contribution in [3.63, 3.8) is 0 Å². The highest BCUT2D eigenvalue weighted by molar-refractivity contribution is 4.58. The molecule has 8 heavy (non-hydrogen) atoms. The lowest BCUT2D eigenvalue weighted by atomic mass is 9.99. The molecule has 0 fully saturated rings. The van der Waals surface area contributed by atoms with Crippen LogP contribution in [0.4, 0.5) is 4.39 Å². The quantitative estimate of drug-likeness (QED) is 0.593. The monoisotopic (exact) mass is 120 g/mol. The van der Waals surface area contributed by atoms with Gasteiger partial charge in [0, 0.05) is 12.5 Å². The second-order valence-corrected chi connectivity index (χ2v) is 2.34. The molecule has 0 heterocycles. The molecule has 1 nitrogen and oxygen atoms in total. The molecule has 1 unspecified atom stereocenters. The van der Waals surface area contributed by atoms with E-state index in [9.17, 15) is 4.39 Å². The van der Waals surface area contributed by atoms with Crippen LogP contribution in [0.2, 0.25) is 0 Å². The van der Waals surface area contributed by atoms with Crippen molar-refractivity contribution < 1.29 is 9.50 Å². The second kappa shape index (κ2) is 3.84. The highest BCUT2D eigenvalue weighted by Crippen LogP contribution is 2.09. The molecule has 0 aliphatic carbocycles. The fourth-order valence-corrected chi connectivity index (χ4v) is 0.438. The minimum Gasteiger partial charge on any atom is -0.396 e. The first kappa shape index (κ1) is 7.89. The average Bonchev–Trinajstić information content (AvgIpc) is 1.69. The van der Waals surface area contributed by atoms with E-state index in [1.807, 2.05) is 13.8 Å². The summed E-state index contributed by atoms with van der Waals surface area (Å²) in [5.74, 6) is 0.0972. The second-order valence-electron chi connectivity index (χ2n) is 2.34. The third kappa shape index (κ3) is 2.26. The minimum absolute atomic E-state index is 0.0336. The average molecular weight is 120 g/mol. The Balaban J connectivity index is 3.35. The molecule has 0 aromatic carbocycles. The van der Waals surface area contributed by atoms with Gasteiger partial charge >= 0.3 is 0 Å². The molecule has 0 amide bonds. The summed E-state index contributed by atoms with van der Waals surface area (Å²) >= 11 is 0. The fourth-order valence-electron chi connectivity index (χ4n) is 0.438. The van der Waals surface area contributed by atoms with E-state index >= 15 is 0 Å². The Morgan fingerprint density at radius 3 is 2.00 bits per heavy atom. The van der Waals surface area contributed by atoms with Gasteiger partial charge in [-0.2, -0.15) is 0 Å². The van der Waals surface area contributed by atoms with Crippen LogP contribution in [0.1, 0.15) is 13.8 Å². The van der Waals surface area contributed by atoms with Gasteiger partial charge in [-0.15, -0.1) is 0 Å². The van der Waals surface area contributed by atoms with Crippen LogP contribution < -0.4 is 0 Å². The molecule has 0 aromatic heterocycles. The zero-order valence-electron chi connectivity index (χ0n) is 5.39. The van der Waals surface area contributed by atoms with Crippen LogP contribution in [-0.4, -0.2) is 18.4 Å². The van der Waals surface area contributed by atoms with Crippen LogP contribution in [0.5, 0.6) is 0 Å². The summed E-state index contributed by atoms with van der Waals surface area (Å²) in [6.45, 7) is 3.36. The maximum atomic E-state index is 11.7. The number of rotatable bonds is 3. The molecule has 50 valence electrons. The van der Waals surface area contributed by atoms with Gasteiger partial charge in [-0.3, -0.25) is 4.39 Å². The number of halogens is 1. The van der Waals surface area contributed by atoms with Gasteiger partial charge in [0.25, 0.3) is 0 Å².